The molecule has 2 N–H and O–H groups in total. The first-order valence-corrected chi connectivity index (χ1v) is 10.8. The van der Waals surface area contributed by atoms with E-state index in [2.05, 4.69) is 10.0 Å². The lowest BCUT2D eigenvalue weighted by molar-refractivity contribution is -0.123. The van der Waals surface area contributed by atoms with E-state index in [9.17, 15) is 18.0 Å². The molecule has 0 heterocycles. The molecule has 0 saturated carbocycles. The second-order valence-corrected chi connectivity index (χ2v) is 8.55. The Labute approximate surface area is 171 Å². The van der Waals surface area contributed by atoms with E-state index >= 15 is 0 Å². The van der Waals surface area contributed by atoms with Crippen LogP contribution in [0.1, 0.15) is 41.8 Å². The summed E-state index contributed by atoms with van der Waals surface area (Å²) in [7, 11) is -3.71. The number of esters is 1. The molecule has 29 heavy (non-hydrogen) atoms. The minimum atomic E-state index is -3.71. The first-order valence-electron chi connectivity index (χ1n) is 9.33. The molecule has 8 heteroatoms. The van der Waals surface area contributed by atoms with Crippen molar-refractivity contribution in [3.63, 3.8) is 0 Å². The Morgan fingerprint density at radius 2 is 1.83 bits per heavy atom. The predicted molar refractivity (Wildman–Crippen MR) is 111 cm³/mol. The van der Waals surface area contributed by atoms with Crippen LogP contribution in [-0.2, 0) is 19.6 Å². The lowest BCUT2D eigenvalue weighted by Gasteiger charge is -2.15. The molecule has 2 aromatic rings. The summed E-state index contributed by atoms with van der Waals surface area (Å²) in [5, 5.41) is 2.74. The van der Waals surface area contributed by atoms with E-state index in [4.69, 9.17) is 4.74 Å². The Bertz CT molecular complexity index is 1000. The second kappa shape index (κ2) is 9.67. The normalized spacial score (nSPS) is 12.3. The van der Waals surface area contributed by atoms with Gasteiger partial charge in [0.05, 0.1) is 10.5 Å². The molecule has 2 aromatic carbocycles. The van der Waals surface area contributed by atoms with Gasteiger partial charge in [-0.3, -0.25) is 4.79 Å². The zero-order chi connectivity index (χ0) is 21.6. The fraction of sp³-hybridized carbons (Fsp3) is 0.333. The monoisotopic (exact) mass is 418 g/mol. The molecule has 1 amide bonds. The van der Waals surface area contributed by atoms with Crippen molar-refractivity contribution in [2.24, 2.45) is 0 Å². The molecule has 0 unspecified atom stereocenters. The fourth-order valence-corrected chi connectivity index (χ4v) is 3.68. The van der Waals surface area contributed by atoms with Crippen LogP contribution in [0.15, 0.2) is 47.4 Å². The van der Waals surface area contributed by atoms with E-state index in [1.807, 2.05) is 39.0 Å². The van der Waals surface area contributed by atoms with Crippen LogP contribution in [0.2, 0.25) is 0 Å². The van der Waals surface area contributed by atoms with Crippen molar-refractivity contribution in [3.05, 3.63) is 59.2 Å². The highest BCUT2D eigenvalue weighted by atomic mass is 32.2. The number of anilines is 1. The maximum atomic E-state index is 12.4. The van der Waals surface area contributed by atoms with Gasteiger partial charge in [0, 0.05) is 12.2 Å². The Morgan fingerprint density at radius 1 is 1.10 bits per heavy atom. The number of carbonyl (C=O) groups excluding carboxylic acids is 2. The number of hydrogen-bond donors (Lipinski definition) is 2. The van der Waals surface area contributed by atoms with Crippen molar-refractivity contribution in [1.82, 2.24) is 4.72 Å². The summed E-state index contributed by atoms with van der Waals surface area (Å²) in [4.78, 5) is 24.8. The number of rotatable bonds is 8. The molecule has 0 aromatic heterocycles. The number of sulfonamides is 1. The predicted octanol–water partition coefficient (Wildman–Crippen LogP) is 3.18. The summed E-state index contributed by atoms with van der Waals surface area (Å²) in [5.74, 6) is -1.25. The molecule has 2 rings (SSSR count). The molecule has 1 atom stereocenters. The largest absolute Gasteiger partial charge is 0.449 e. The lowest BCUT2D eigenvalue weighted by Crippen LogP contribution is -2.30. The first kappa shape index (κ1) is 22.6. The summed E-state index contributed by atoms with van der Waals surface area (Å²) in [6.45, 7) is 7.38. The summed E-state index contributed by atoms with van der Waals surface area (Å²) in [6, 6.07) is 11.2. The minimum absolute atomic E-state index is 0.0344. The first-order chi connectivity index (χ1) is 13.6. The van der Waals surface area contributed by atoms with Crippen LogP contribution in [0.5, 0.6) is 0 Å². The molecule has 0 aliphatic carbocycles. The summed E-state index contributed by atoms with van der Waals surface area (Å²) in [6.07, 6.45) is -0.408. The molecule has 156 valence electrons. The third-order valence-corrected chi connectivity index (χ3v) is 5.68. The maximum absolute atomic E-state index is 12.4. The van der Waals surface area contributed by atoms with Gasteiger partial charge in [-0.05, 0) is 62.6 Å². The Kier molecular flexibility index (Phi) is 7.53. The van der Waals surface area contributed by atoms with E-state index in [0.717, 1.165) is 11.1 Å². The number of aryl methyl sites for hydroxylation is 2. The van der Waals surface area contributed by atoms with Gasteiger partial charge in [0.15, 0.2) is 6.10 Å². The molecule has 0 aliphatic rings. The van der Waals surface area contributed by atoms with Crippen LogP contribution in [0, 0.1) is 13.8 Å². The smallest absolute Gasteiger partial charge is 0.338 e. The van der Waals surface area contributed by atoms with E-state index in [-0.39, 0.29) is 10.5 Å². The minimum Gasteiger partial charge on any atom is -0.449 e. The molecule has 0 spiro atoms. The lowest BCUT2D eigenvalue weighted by atomic mass is 10.1. The van der Waals surface area contributed by atoms with Crippen molar-refractivity contribution in [2.75, 3.05) is 11.9 Å². The standard InChI is InChI=1S/C21H26N2O5S/c1-5-11-22-29(26,27)18-8-6-7-17(13-18)21(25)28-16(4)20(24)23-19-12-14(2)9-10-15(19)3/h6-10,12-13,16,22H,5,11H2,1-4H3,(H,23,24)/t16-/m1/s1. The zero-order valence-electron chi connectivity index (χ0n) is 17.0. The summed E-state index contributed by atoms with van der Waals surface area (Å²) < 4.78 is 32.1. The maximum Gasteiger partial charge on any atom is 0.338 e. The highest BCUT2D eigenvalue weighted by molar-refractivity contribution is 7.89. The van der Waals surface area contributed by atoms with Gasteiger partial charge in [0.1, 0.15) is 0 Å². The zero-order valence-corrected chi connectivity index (χ0v) is 17.8. The highest BCUT2D eigenvalue weighted by Gasteiger charge is 2.21. The van der Waals surface area contributed by atoms with Crippen LogP contribution in [0.4, 0.5) is 5.69 Å². The molecule has 7 nitrogen and oxygen atoms in total. The Morgan fingerprint density at radius 3 is 2.52 bits per heavy atom. The van der Waals surface area contributed by atoms with Crippen molar-refractivity contribution < 1.29 is 22.7 Å². The van der Waals surface area contributed by atoms with Gasteiger partial charge in [-0.1, -0.05) is 25.1 Å². The topological polar surface area (TPSA) is 102 Å². The Hall–Kier alpha value is -2.71. The number of hydrogen-bond acceptors (Lipinski definition) is 5. The van der Waals surface area contributed by atoms with Crippen molar-refractivity contribution in [2.45, 2.75) is 45.1 Å². The molecule has 0 aliphatic heterocycles. The van der Waals surface area contributed by atoms with E-state index < -0.39 is 28.0 Å². The fourth-order valence-electron chi connectivity index (χ4n) is 2.50. The molecule has 0 bridgehead atoms. The average Bonchev–Trinajstić information content (AvgIpc) is 2.69. The van der Waals surface area contributed by atoms with Crippen molar-refractivity contribution >= 4 is 27.6 Å². The van der Waals surface area contributed by atoms with Crippen molar-refractivity contribution in [1.29, 1.82) is 0 Å². The number of amides is 1. The van der Waals surface area contributed by atoms with E-state index in [0.29, 0.717) is 18.7 Å². The van der Waals surface area contributed by atoms with E-state index in [1.54, 1.807) is 0 Å². The van der Waals surface area contributed by atoms with Gasteiger partial charge in [-0.15, -0.1) is 0 Å². The molecule has 0 fully saturated rings. The van der Waals surface area contributed by atoms with Gasteiger partial charge < -0.3 is 10.1 Å². The van der Waals surface area contributed by atoms with Gasteiger partial charge in [0.2, 0.25) is 10.0 Å². The van der Waals surface area contributed by atoms with E-state index in [1.165, 1.54) is 31.2 Å². The SMILES string of the molecule is CCCNS(=O)(=O)c1cccc(C(=O)O[C@H](C)C(=O)Nc2cc(C)ccc2C)c1. The highest BCUT2D eigenvalue weighted by Crippen LogP contribution is 2.18. The average molecular weight is 419 g/mol. The molecule has 0 saturated heterocycles. The summed E-state index contributed by atoms with van der Waals surface area (Å²) >= 11 is 0. The number of benzene rings is 2. The second-order valence-electron chi connectivity index (χ2n) is 6.78. The quantitative estimate of drug-likeness (QED) is 0.641. The third-order valence-electron chi connectivity index (χ3n) is 4.23. The van der Waals surface area contributed by atoms with Gasteiger partial charge >= 0.3 is 5.97 Å². The number of ether oxygens (including phenoxy) is 1. The van der Waals surface area contributed by atoms with Crippen molar-refractivity contribution in [3.8, 4) is 0 Å². The molecular formula is C21H26N2O5S. The number of carbonyl (C=O) groups is 2. The Balaban J connectivity index is 2.08. The third kappa shape index (κ3) is 6.13. The van der Waals surface area contributed by atoms with Gasteiger partial charge in [-0.2, -0.15) is 0 Å². The van der Waals surface area contributed by atoms with Crippen LogP contribution in [0.25, 0.3) is 0 Å². The van der Waals surface area contributed by atoms with Crippen LogP contribution < -0.4 is 10.0 Å². The van der Waals surface area contributed by atoms with Crippen LogP contribution in [-0.4, -0.2) is 32.9 Å². The van der Waals surface area contributed by atoms with Gasteiger partial charge in [0.25, 0.3) is 5.91 Å². The summed E-state index contributed by atoms with van der Waals surface area (Å²) in [5.41, 5.74) is 2.58. The molecule has 0 radical (unpaired) electrons. The molecular weight excluding hydrogens is 392 g/mol. The van der Waals surface area contributed by atoms with Crippen LogP contribution >= 0.6 is 0 Å². The van der Waals surface area contributed by atoms with Gasteiger partial charge in [-0.25, -0.2) is 17.9 Å². The van der Waals surface area contributed by atoms with Crippen LogP contribution in [0.3, 0.4) is 0 Å². The number of nitrogens with one attached hydrogen (secondary N) is 2.